The van der Waals surface area contributed by atoms with Gasteiger partial charge in [0, 0.05) is 47.0 Å². The van der Waals surface area contributed by atoms with Gasteiger partial charge in [-0.3, -0.25) is 4.79 Å². The van der Waals surface area contributed by atoms with E-state index in [1.807, 2.05) is 31.4 Å². The first-order chi connectivity index (χ1) is 15.6. The molecule has 0 saturated carbocycles. The molecule has 0 radical (unpaired) electrons. The zero-order chi connectivity index (χ0) is 23.7. The summed E-state index contributed by atoms with van der Waals surface area (Å²) in [6, 6.07) is 4.71. The molecule has 8 heteroatoms. The molecule has 2 aliphatic rings. The number of nitrogens with zero attached hydrogens (tertiary/aromatic N) is 1. The Morgan fingerprint density at radius 2 is 1.94 bits per heavy atom. The van der Waals surface area contributed by atoms with Crippen LogP contribution in [0.5, 0.6) is 5.75 Å². The van der Waals surface area contributed by atoms with Crippen LogP contribution in [0, 0.1) is 5.41 Å². The van der Waals surface area contributed by atoms with Crippen molar-refractivity contribution in [1.29, 1.82) is 0 Å². The molecule has 0 spiro atoms. The highest BCUT2D eigenvalue weighted by Crippen LogP contribution is 2.50. The third-order valence-corrected chi connectivity index (χ3v) is 6.60. The van der Waals surface area contributed by atoms with E-state index in [0.717, 1.165) is 11.1 Å². The van der Waals surface area contributed by atoms with E-state index in [-0.39, 0.29) is 23.4 Å². The number of carboxylic acids is 1. The SMILES string of the molecule is CC(C)(C)[C@@H]1Cc2c(cc(-c3ccoc3)c3c2CC(C(F)F)O3)-c2cc(=O)c(C(=O)O)cn21. The highest BCUT2D eigenvalue weighted by molar-refractivity contribution is 5.88. The van der Waals surface area contributed by atoms with Crippen LogP contribution < -0.4 is 10.2 Å². The van der Waals surface area contributed by atoms with Gasteiger partial charge in [-0.1, -0.05) is 20.8 Å². The zero-order valence-corrected chi connectivity index (χ0v) is 18.4. The molecule has 3 aromatic rings. The van der Waals surface area contributed by atoms with Crippen LogP contribution in [-0.2, 0) is 12.8 Å². The summed E-state index contributed by atoms with van der Waals surface area (Å²) in [5.74, 6) is -0.860. The average molecular weight is 455 g/mol. The number of carbonyl (C=O) groups is 1. The average Bonchev–Trinajstić information content (AvgIpc) is 3.41. The van der Waals surface area contributed by atoms with Crippen LogP contribution >= 0.6 is 0 Å². The van der Waals surface area contributed by atoms with Crippen LogP contribution in [0.15, 0.2) is 46.1 Å². The Balaban J connectivity index is 1.82. The standard InChI is InChI=1S/C25H23F2NO5/c1-25(2,3)21-8-14-15(18-9-19(29)17(24(30)31)10-28(18)21)6-13(12-4-5-32-11-12)22-16(14)7-20(33-22)23(26)27/h4-6,9-11,20-21,23H,7-8H2,1-3H3,(H,30,31)/t20?,21-/m0/s1. The van der Waals surface area contributed by atoms with Crippen molar-refractivity contribution < 1.29 is 27.8 Å². The molecule has 5 rings (SSSR count). The first-order valence-electron chi connectivity index (χ1n) is 10.7. The molecule has 172 valence electrons. The molecular formula is C25H23F2NO5. The van der Waals surface area contributed by atoms with Crippen LogP contribution in [0.2, 0.25) is 0 Å². The number of furan rings is 1. The summed E-state index contributed by atoms with van der Waals surface area (Å²) in [5, 5.41) is 9.52. The second kappa shape index (κ2) is 7.30. The number of ether oxygens (including phenoxy) is 1. The van der Waals surface area contributed by atoms with Crippen molar-refractivity contribution >= 4 is 5.97 Å². The first kappa shape index (κ1) is 21.4. The number of rotatable bonds is 3. The Hall–Kier alpha value is -3.42. The summed E-state index contributed by atoms with van der Waals surface area (Å²) in [5.41, 5.74) is 2.96. The molecular weight excluding hydrogens is 432 g/mol. The van der Waals surface area contributed by atoms with Crippen molar-refractivity contribution in [2.75, 3.05) is 0 Å². The summed E-state index contributed by atoms with van der Waals surface area (Å²) < 4.78 is 40.1. The molecule has 33 heavy (non-hydrogen) atoms. The second-order valence-electron chi connectivity index (χ2n) is 9.70. The summed E-state index contributed by atoms with van der Waals surface area (Å²) >= 11 is 0. The quantitative estimate of drug-likeness (QED) is 0.588. The smallest absolute Gasteiger partial charge is 0.341 e. The zero-order valence-electron chi connectivity index (χ0n) is 18.4. The van der Waals surface area contributed by atoms with Crippen LogP contribution in [0.1, 0.15) is 48.3 Å². The van der Waals surface area contributed by atoms with Crippen molar-refractivity contribution in [2.24, 2.45) is 5.41 Å². The molecule has 0 fully saturated rings. The number of hydrogen-bond donors (Lipinski definition) is 1. The minimum Gasteiger partial charge on any atom is -0.483 e. The maximum absolute atomic E-state index is 13.6. The van der Waals surface area contributed by atoms with Crippen molar-refractivity contribution in [2.45, 2.75) is 52.2 Å². The molecule has 2 aromatic heterocycles. The third kappa shape index (κ3) is 3.35. The molecule has 1 aromatic carbocycles. The fourth-order valence-electron chi connectivity index (χ4n) is 4.94. The lowest BCUT2D eigenvalue weighted by Gasteiger charge is -2.39. The number of alkyl halides is 2. The van der Waals surface area contributed by atoms with E-state index < -0.39 is 23.9 Å². The Kier molecular flexibility index (Phi) is 4.74. The van der Waals surface area contributed by atoms with Gasteiger partial charge in [-0.05, 0) is 29.5 Å². The van der Waals surface area contributed by atoms with E-state index in [0.29, 0.717) is 34.6 Å². The minimum atomic E-state index is -2.64. The van der Waals surface area contributed by atoms with Crippen molar-refractivity contribution in [3.05, 3.63) is 63.8 Å². The van der Waals surface area contributed by atoms with Gasteiger partial charge in [-0.2, -0.15) is 0 Å². The van der Waals surface area contributed by atoms with Gasteiger partial charge in [0.2, 0.25) is 0 Å². The predicted molar refractivity (Wildman–Crippen MR) is 117 cm³/mol. The van der Waals surface area contributed by atoms with Crippen LogP contribution in [0.3, 0.4) is 0 Å². The Labute approximate surface area is 188 Å². The van der Waals surface area contributed by atoms with Crippen LogP contribution in [0.25, 0.3) is 22.4 Å². The van der Waals surface area contributed by atoms with Crippen LogP contribution in [-0.4, -0.2) is 28.2 Å². The van der Waals surface area contributed by atoms with E-state index >= 15 is 0 Å². The highest BCUT2D eigenvalue weighted by atomic mass is 19.3. The molecule has 0 amide bonds. The van der Waals surface area contributed by atoms with Crippen molar-refractivity contribution in [3.63, 3.8) is 0 Å². The van der Waals surface area contributed by atoms with E-state index in [2.05, 4.69) is 0 Å². The van der Waals surface area contributed by atoms with E-state index in [4.69, 9.17) is 9.15 Å². The predicted octanol–water partition coefficient (Wildman–Crippen LogP) is 5.19. The molecule has 0 saturated heterocycles. The molecule has 0 aliphatic carbocycles. The largest absolute Gasteiger partial charge is 0.483 e. The topological polar surface area (TPSA) is 81.7 Å². The maximum Gasteiger partial charge on any atom is 0.341 e. The van der Waals surface area contributed by atoms with E-state index in [1.165, 1.54) is 24.8 Å². The summed E-state index contributed by atoms with van der Waals surface area (Å²) in [6.45, 7) is 6.09. The van der Waals surface area contributed by atoms with Gasteiger partial charge in [0.25, 0.3) is 6.43 Å². The number of aromatic nitrogens is 1. The van der Waals surface area contributed by atoms with Crippen molar-refractivity contribution in [3.8, 4) is 28.1 Å². The van der Waals surface area contributed by atoms with Gasteiger partial charge in [-0.25, -0.2) is 13.6 Å². The lowest BCUT2D eigenvalue weighted by molar-refractivity contribution is 0.0248. The van der Waals surface area contributed by atoms with Crippen molar-refractivity contribution in [1.82, 2.24) is 4.57 Å². The number of hydrogen-bond acceptors (Lipinski definition) is 4. The monoisotopic (exact) mass is 455 g/mol. The number of pyridine rings is 1. The normalized spacial score (nSPS) is 19.1. The second-order valence-corrected chi connectivity index (χ2v) is 9.70. The van der Waals surface area contributed by atoms with Gasteiger partial charge in [0.15, 0.2) is 11.5 Å². The Morgan fingerprint density at radius 3 is 2.55 bits per heavy atom. The van der Waals surface area contributed by atoms with E-state index in [1.54, 1.807) is 6.07 Å². The summed E-state index contributed by atoms with van der Waals surface area (Å²) in [6.07, 6.45) is 1.10. The molecule has 1 unspecified atom stereocenters. The van der Waals surface area contributed by atoms with Gasteiger partial charge in [0.05, 0.1) is 18.2 Å². The fourth-order valence-corrected chi connectivity index (χ4v) is 4.94. The molecule has 0 bridgehead atoms. The minimum absolute atomic E-state index is 0.0648. The summed E-state index contributed by atoms with van der Waals surface area (Å²) in [4.78, 5) is 24.3. The lowest BCUT2D eigenvalue weighted by atomic mass is 9.76. The number of benzene rings is 1. The van der Waals surface area contributed by atoms with Gasteiger partial charge in [0.1, 0.15) is 11.3 Å². The highest BCUT2D eigenvalue weighted by Gasteiger charge is 2.40. The number of halogens is 2. The van der Waals surface area contributed by atoms with Gasteiger partial charge in [-0.15, -0.1) is 0 Å². The van der Waals surface area contributed by atoms with Gasteiger partial charge < -0.3 is 18.8 Å². The fraction of sp³-hybridized carbons (Fsp3) is 0.360. The Bertz CT molecular complexity index is 1320. The van der Waals surface area contributed by atoms with E-state index in [9.17, 15) is 23.5 Å². The molecule has 2 atom stereocenters. The molecule has 4 heterocycles. The molecule has 2 aliphatic heterocycles. The Morgan fingerprint density at radius 1 is 1.18 bits per heavy atom. The number of carboxylic acid groups (broad SMARTS) is 1. The lowest BCUT2D eigenvalue weighted by Crippen LogP contribution is -2.33. The van der Waals surface area contributed by atoms with Gasteiger partial charge >= 0.3 is 5.97 Å². The first-order valence-corrected chi connectivity index (χ1v) is 10.7. The number of aromatic carboxylic acids is 1. The molecule has 6 nitrogen and oxygen atoms in total. The number of fused-ring (bicyclic) bond motifs is 5. The molecule has 1 N–H and O–H groups in total. The third-order valence-electron chi connectivity index (χ3n) is 6.60. The van der Waals surface area contributed by atoms with Crippen LogP contribution in [0.4, 0.5) is 8.78 Å². The summed E-state index contributed by atoms with van der Waals surface area (Å²) in [7, 11) is 0. The maximum atomic E-state index is 13.6.